The highest BCUT2D eigenvalue weighted by atomic mass is 32.2. The molecule has 2 aliphatic rings. The highest BCUT2D eigenvalue weighted by Gasteiger charge is 2.29. The van der Waals surface area contributed by atoms with Crippen LogP contribution in [0.3, 0.4) is 0 Å². The normalized spacial score (nSPS) is 21.5. The van der Waals surface area contributed by atoms with Crippen LogP contribution in [0.1, 0.15) is 69.8 Å². The lowest BCUT2D eigenvalue weighted by Gasteiger charge is -2.39. The molecule has 1 aromatic carbocycles. The summed E-state index contributed by atoms with van der Waals surface area (Å²) >= 11 is 2.18. The van der Waals surface area contributed by atoms with E-state index in [1.54, 1.807) is 7.11 Å². The van der Waals surface area contributed by atoms with Crippen LogP contribution in [0.2, 0.25) is 0 Å². The smallest absolute Gasteiger partial charge is 0.303 e. The number of ether oxygens (including phenoxy) is 1. The fraction of sp³-hybridized carbons (Fsp3) is 0.655. The number of pyridine rings is 1. The number of aliphatic carboxylic acids is 1. The topological polar surface area (TPSA) is 62.7 Å². The number of rotatable bonds is 13. The molecular weight excluding hydrogens is 456 g/mol. The Kier molecular flexibility index (Phi) is 10.1. The number of hydrogen-bond acceptors (Lipinski definition) is 5. The average Bonchev–Trinajstić information content (AvgIpc) is 3.39. The second-order valence-corrected chi connectivity index (χ2v) is 11.8. The van der Waals surface area contributed by atoms with Gasteiger partial charge in [-0.3, -0.25) is 9.78 Å². The van der Waals surface area contributed by atoms with Crippen molar-refractivity contribution in [1.82, 2.24) is 9.88 Å². The van der Waals surface area contributed by atoms with E-state index in [2.05, 4.69) is 33.8 Å². The van der Waals surface area contributed by atoms with Crippen molar-refractivity contribution in [3.8, 4) is 5.75 Å². The van der Waals surface area contributed by atoms with Crippen molar-refractivity contribution in [1.29, 1.82) is 0 Å². The summed E-state index contributed by atoms with van der Waals surface area (Å²) in [4.78, 5) is 18.4. The maximum Gasteiger partial charge on any atom is 0.303 e. The Labute approximate surface area is 215 Å². The molecule has 1 aliphatic heterocycles. The minimum Gasteiger partial charge on any atom is -0.497 e. The van der Waals surface area contributed by atoms with Gasteiger partial charge in [0.25, 0.3) is 0 Å². The van der Waals surface area contributed by atoms with Crippen LogP contribution < -0.4 is 4.74 Å². The van der Waals surface area contributed by atoms with Crippen LogP contribution in [-0.4, -0.2) is 58.7 Å². The third-order valence-electron chi connectivity index (χ3n) is 8.04. The molecule has 0 bridgehead atoms. The van der Waals surface area contributed by atoms with E-state index in [4.69, 9.17) is 4.74 Å². The van der Waals surface area contributed by atoms with Gasteiger partial charge in [0, 0.05) is 29.8 Å². The van der Waals surface area contributed by atoms with Gasteiger partial charge in [-0.1, -0.05) is 12.8 Å². The first-order chi connectivity index (χ1) is 17.1. The summed E-state index contributed by atoms with van der Waals surface area (Å²) < 4.78 is 5.43. The quantitative estimate of drug-likeness (QED) is 0.321. The number of likely N-dealkylation sites (tertiary alicyclic amines) is 1. The molecule has 0 radical (unpaired) electrons. The molecule has 192 valence electrons. The molecule has 5 nitrogen and oxygen atoms in total. The number of methoxy groups -OCH3 is 1. The Hall–Kier alpha value is -1.79. The highest BCUT2D eigenvalue weighted by Crippen LogP contribution is 2.33. The van der Waals surface area contributed by atoms with E-state index >= 15 is 0 Å². The van der Waals surface area contributed by atoms with Gasteiger partial charge in [-0.15, -0.1) is 0 Å². The number of aromatic nitrogens is 1. The minimum atomic E-state index is -0.661. The number of fused-ring (bicyclic) bond motifs is 1. The second kappa shape index (κ2) is 13.5. The number of benzene rings is 1. The van der Waals surface area contributed by atoms with Gasteiger partial charge < -0.3 is 14.7 Å². The fourth-order valence-electron chi connectivity index (χ4n) is 6.05. The number of aryl methyl sites for hydroxylation is 1. The molecule has 2 aromatic rings. The van der Waals surface area contributed by atoms with Crippen molar-refractivity contribution in [3.63, 3.8) is 0 Å². The Morgan fingerprint density at radius 3 is 2.80 bits per heavy atom. The molecule has 1 saturated heterocycles. The number of nitrogens with zero attached hydrogens (tertiary/aromatic N) is 2. The molecular formula is C29H42N2O3S. The lowest BCUT2D eigenvalue weighted by Crippen LogP contribution is -2.41. The summed E-state index contributed by atoms with van der Waals surface area (Å²) in [6.07, 6.45) is 14.5. The van der Waals surface area contributed by atoms with Gasteiger partial charge in [-0.2, -0.15) is 11.8 Å². The first-order valence-corrected chi connectivity index (χ1v) is 14.6. The molecule has 2 heterocycles. The van der Waals surface area contributed by atoms with Crippen molar-refractivity contribution in [2.75, 3.05) is 32.5 Å². The number of hydrogen-bond donors (Lipinski definition) is 1. The lowest BCUT2D eigenvalue weighted by atomic mass is 9.79. The Morgan fingerprint density at radius 2 is 2.00 bits per heavy atom. The summed E-state index contributed by atoms with van der Waals surface area (Å²) in [5, 5.41) is 11.4. The molecule has 1 aromatic heterocycles. The first kappa shape index (κ1) is 26.3. The van der Waals surface area contributed by atoms with Crippen LogP contribution in [0, 0.1) is 11.8 Å². The third kappa shape index (κ3) is 7.85. The van der Waals surface area contributed by atoms with Crippen LogP contribution >= 0.6 is 11.8 Å². The number of thioether (sulfide) groups is 1. The minimum absolute atomic E-state index is 0.293. The van der Waals surface area contributed by atoms with E-state index in [0.717, 1.165) is 48.9 Å². The number of carboxylic acids is 1. The number of carboxylic acid groups (broad SMARTS) is 1. The Bertz CT molecular complexity index is 947. The van der Waals surface area contributed by atoms with Crippen LogP contribution in [0.15, 0.2) is 30.5 Å². The standard InChI is InChI=1S/C29H42N2O3S/c1-34-25-11-12-28-27(20-25)23(14-16-30-28)7-4-6-22-15-18-31(21-24(22)10-13-29(32)33)17-5-19-35-26-8-2-3-9-26/h11-12,14,16,20,22,24,26H,2-10,13,15,17-19,21H2,1H3,(H,32,33)/t22-,24+/m1/s1. The molecule has 1 aliphatic carbocycles. The van der Waals surface area contributed by atoms with Crippen LogP contribution in [0.4, 0.5) is 0 Å². The molecule has 2 atom stereocenters. The van der Waals surface area contributed by atoms with E-state index in [1.165, 1.54) is 68.2 Å². The summed E-state index contributed by atoms with van der Waals surface area (Å²) in [6.45, 7) is 3.40. The van der Waals surface area contributed by atoms with Gasteiger partial charge in [0.2, 0.25) is 0 Å². The van der Waals surface area contributed by atoms with Crippen molar-refractivity contribution in [3.05, 3.63) is 36.0 Å². The first-order valence-electron chi connectivity index (χ1n) is 13.6. The maximum absolute atomic E-state index is 11.3. The van der Waals surface area contributed by atoms with E-state index in [9.17, 15) is 9.90 Å². The largest absolute Gasteiger partial charge is 0.497 e. The third-order valence-corrected chi connectivity index (χ3v) is 9.51. The molecule has 0 unspecified atom stereocenters. The van der Waals surface area contributed by atoms with Crippen molar-refractivity contribution >= 4 is 28.6 Å². The Morgan fingerprint density at radius 1 is 1.14 bits per heavy atom. The zero-order valence-corrected chi connectivity index (χ0v) is 22.1. The molecule has 0 spiro atoms. The molecule has 1 N–H and O–H groups in total. The summed E-state index contributed by atoms with van der Waals surface area (Å²) in [6, 6.07) is 8.22. The van der Waals surface area contributed by atoms with Gasteiger partial charge in [0.05, 0.1) is 12.6 Å². The summed E-state index contributed by atoms with van der Waals surface area (Å²) in [7, 11) is 1.70. The number of piperidine rings is 1. The van der Waals surface area contributed by atoms with Crippen LogP contribution in [0.25, 0.3) is 10.9 Å². The van der Waals surface area contributed by atoms with Gasteiger partial charge in [0.1, 0.15) is 5.75 Å². The van der Waals surface area contributed by atoms with E-state index in [1.807, 2.05) is 18.3 Å². The fourth-order valence-corrected chi connectivity index (χ4v) is 7.35. The molecule has 4 rings (SSSR count). The summed E-state index contributed by atoms with van der Waals surface area (Å²) in [5.74, 6) is 2.60. The molecule has 2 fully saturated rings. The Balaban J connectivity index is 1.27. The van der Waals surface area contributed by atoms with E-state index in [-0.39, 0.29) is 0 Å². The molecule has 35 heavy (non-hydrogen) atoms. The van der Waals surface area contributed by atoms with E-state index in [0.29, 0.717) is 18.3 Å². The van der Waals surface area contributed by atoms with Crippen molar-refractivity contribution < 1.29 is 14.6 Å². The van der Waals surface area contributed by atoms with Crippen molar-refractivity contribution in [2.24, 2.45) is 11.8 Å². The highest BCUT2D eigenvalue weighted by molar-refractivity contribution is 7.99. The average molecular weight is 499 g/mol. The second-order valence-electron chi connectivity index (χ2n) is 10.4. The molecule has 6 heteroatoms. The lowest BCUT2D eigenvalue weighted by molar-refractivity contribution is -0.137. The zero-order chi connectivity index (χ0) is 24.5. The monoisotopic (exact) mass is 498 g/mol. The predicted octanol–water partition coefficient (Wildman–Crippen LogP) is 6.43. The predicted molar refractivity (Wildman–Crippen MR) is 145 cm³/mol. The molecule has 0 amide bonds. The van der Waals surface area contributed by atoms with Crippen molar-refractivity contribution in [2.45, 2.75) is 75.9 Å². The maximum atomic E-state index is 11.3. The van der Waals surface area contributed by atoms with Gasteiger partial charge in [-0.05, 0) is 112 Å². The number of carbonyl (C=O) groups is 1. The van der Waals surface area contributed by atoms with Gasteiger partial charge in [0.15, 0.2) is 0 Å². The molecule has 1 saturated carbocycles. The van der Waals surface area contributed by atoms with Gasteiger partial charge >= 0.3 is 5.97 Å². The summed E-state index contributed by atoms with van der Waals surface area (Å²) in [5.41, 5.74) is 2.34. The van der Waals surface area contributed by atoms with E-state index < -0.39 is 5.97 Å². The SMILES string of the molecule is COc1ccc2nccc(CCC[C@@H]3CCN(CCCSC4CCCC4)C[C@@H]3CCC(=O)O)c2c1. The van der Waals surface area contributed by atoms with Crippen LogP contribution in [0.5, 0.6) is 5.75 Å². The zero-order valence-electron chi connectivity index (χ0n) is 21.3. The van der Waals surface area contributed by atoms with Gasteiger partial charge in [-0.25, -0.2) is 0 Å². The van der Waals surface area contributed by atoms with Crippen LogP contribution in [-0.2, 0) is 11.2 Å².